The number of ether oxygens (including phenoxy) is 1. The molecule has 0 heterocycles. The van der Waals surface area contributed by atoms with Gasteiger partial charge in [-0.05, 0) is 67.4 Å². The van der Waals surface area contributed by atoms with Crippen LogP contribution in [0.5, 0.6) is 5.75 Å². The van der Waals surface area contributed by atoms with Gasteiger partial charge in [-0.25, -0.2) is 4.79 Å². The van der Waals surface area contributed by atoms with Gasteiger partial charge in [0, 0.05) is 16.3 Å². The van der Waals surface area contributed by atoms with Crippen LogP contribution in [0.25, 0.3) is 6.08 Å². The van der Waals surface area contributed by atoms with Crippen LogP contribution in [0.1, 0.15) is 27.0 Å². The fourth-order valence-corrected chi connectivity index (χ4v) is 2.93. The maximum atomic E-state index is 12.7. The van der Waals surface area contributed by atoms with Gasteiger partial charge in [-0.2, -0.15) is 5.26 Å². The summed E-state index contributed by atoms with van der Waals surface area (Å²) in [6, 6.07) is 20.6. The van der Waals surface area contributed by atoms with Gasteiger partial charge >= 0.3 is 5.97 Å². The number of esters is 1. The lowest BCUT2D eigenvalue weighted by Gasteiger charge is -2.10. The van der Waals surface area contributed by atoms with Gasteiger partial charge in [-0.15, -0.1) is 0 Å². The molecule has 0 spiro atoms. The number of aryl methyl sites for hydroxylation is 2. The molecule has 1 amide bonds. The maximum absolute atomic E-state index is 12.7. The van der Waals surface area contributed by atoms with Crippen molar-refractivity contribution in [2.75, 3.05) is 5.32 Å². The Labute approximate surface area is 185 Å². The van der Waals surface area contributed by atoms with Crippen molar-refractivity contribution >= 4 is 35.2 Å². The SMILES string of the molecule is Cc1ccc(C)c(NC(=O)/C(C#N)=C/c2ccccc2OC(=O)c2ccc(Cl)cc2)c1. The van der Waals surface area contributed by atoms with E-state index in [1.807, 2.05) is 38.1 Å². The smallest absolute Gasteiger partial charge is 0.343 e. The minimum atomic E-state index is -0.573. The number of carbonyl (C=O) groups excluding carboxylic acids is 2. The first-order chi connectivity index (χ1) is 14.9. The Bertz CT molecular complexity index is 1210. The average molecular weight is 431 g/mol. The summed E-state index contributed by atoms with van der Waals surface area (Å²) >= 11 is 5.85. The number of anilines is 1. The summed E-state index contributed by atoms with van der Waals surface area (Å²) in [7, 11) is 0. The van der Waals surface area contributed by atoms with Gasteiger partial charge in [0.25, 0.3) is 5.91 Å². The third-order valence-electron chi connectivity index (χ3n) is 4.51. The number of nitrogens with zero attached hydrogens (tertiary/aromatic N) is 1. The third-order valence-corrected chi connectivity index (χ3v) is 4.76. The zero-order chi connectivity index (χ0) is 22.4. The van der Waals surface area contributed by atoms with Crippen LogP contribution in [0.15, 0.2) is 72.3 Å². The average Bonchev–Trinajstić information content (AvgIpc) is 2.76. The van der Waals surface area contributed by atoms with E-state index in [1.54, 1.807) is 48.5 Å². The molecule has 0 aromatic heterocycles. The predicted octanol–water partition coefficient (Wildman–Crippen LogP) is 5.72. The van der Waals surface area contributed by atoms with Crippen LogP contribution in [-0.4, -0.2) is 11.9 Å². The Balaban J connectivity index is 1.85. The van der Waals surface area contributed by atoms with Crippen molar-refractivity contribution < 1.29 is 14.3 Å². The van der Waals surface area contributed by atoms with E-state index in [9.17, 15) is 14.9 Å². The molecule has 0 atom stereocenters. The number of rotatable bonds is 5. The largest absolute Gasteiger partial charge is 0.422 e. The molecular weight excluding hydrogens is 412 g/mol. The first-order valence-electron chi connectivity index (χ1n) is 9.44. The minimum Gasteiger partial charge on any atom is -0.422 e. The molecule has 0 aliphatic rings. The second-order valence-electron chi connectivity index (χ2n) is 6.88. The molecule has 0 radical (unpaired) electrons. The molecule has 0 unspecified atom stereocenters. The predicted molar refractivity (Wildman–Crippen MR) is 121 cm³/mol. The van der Waals surface area contributed by atoms with Crippen molar-refractivity contribution in [3.05, 3.63) is 99.6 Å². The van der Waals surface area contributed by atoms with Crippen LogP contribution in [0.4, 0.5) is 5.69 Å². The summed E-state index contributed by atoms with van der Waals surface area (Å²) in [5, 5.41) is 12.8. The van der Waals surface area contributed by atoms with Crippen molar-refractivity contribution in [3.63, 3.8) is 0 Å². The molecule has 3 aromatic rings. The number of amides is 1. The summed E-state index contributed by atoms with van der Waals surface area (Å²) in [6.07, 6.45) is 1.39. The molecule has 0 saturated carbocycles. The van der Waals surface area contributed by atoms with Crippen molar-refractivity contribution in [2.24, 2.45) is 0 Å². The van der Waals surface area contributed by atoms with Crippen LogP contribution in [0.2, 0.25) is 5.02 Å². The van der Waals surface area contributed by atoms with Gasteiger partial charge in [0.1, 0.15) is 17.4 Å². The molecule has 6 heteroatoms. The minimum absolute atomic E-state index is 0.115. The second kappa shape index (κ2) is 9.75. The highest BCUT2D eigenvalue weighted by molar-refractivity contribution is 6.30. The summed E-state index contributed by atoms with van der Waals surface area (Å²) in [6.45, 7) is 3.79. The van der Waals surface area contributed by atoms with Gasteiger partial charge in [0.2, 0.25) is 0 Å². The van der Waals surface area contributed by atoms with Crippen LogP contribution >= 0.6 is 11.6 Å². The Morgan fingerprint density at radius 1 is 1.03 bits per heavy atom. The van der Waals surface area contributed by atoms with Crippen molar-refractivity contribution in [3.8, 4) is 11.8 Å². The highest BCUT2D eigenvalue weighted by Crippen LogP contribution is 2.24. The van der Waals surface area contributed by atoms with Gasteiger partial charge in [-0.3, -0.25) is 4.79 Å². The van der Waals surface area contributed by atoms with E-state index in [4.69, 9.17) is 16.3 Å². The van der Waals surface area contributed by atoms with Crippen LogP contribution in [0.3, 0.4) is 0 Å². The van der Waals surface area contributed by atoms with E-state index in [2.05, 4.69) is 5.32 Å². The number of para-hydroxylation sites is 1. The number of nitrogens with one attached hydrogen (secondary N) is 1. The summed E-state index contributed by atoms with van der Waals surface area (Å²) in [4.78, 5) is 25.1. The third kappa shape index (κ3) is 5.59. The van der Waals surface area contributed by atoms with Crippen molar-refractivity contribution in [2.45, 2.75) is 13.8 Å². The van der Waals surface area contributed by atoms with Crippen molar-refractivity contribution in [1.82, 2.24) is 0 Å². The van der Waals surface area contributed by atoms with E-state index >= 15 is 0 Å². The second-order valence-corrected chi connectivity index (χ2v) is 7.31. The number of benzene rings is 3. The van der Waals surface area contributed by atoms with Gasteiger partial charge in [-0.1, -0.05) is 41.9 Å². The lowest BCUT2D eigenvalue weighted by Crippen LogP contribution is -2.14. The molecule has 1 N–H and O–H groups in total. The maximum Gasteiger partial charge on any atom is 0.343 e. The Hall–Kier alpha value is -3.88. The molecule has 154 valence electrons. The van der Waals surface area contributed by atoms with Crippen LogP contribution in [0, 0.1) is 25.2 Å². The highest BCUT2D eigenvalue weighted by atomic mass is 35.5. The molecule has 0 aliphatic heterocycles. The zero-order valence-electron chi connectivity index (χ0n) is 17.0. The highest BCUT2D eigenvalue weighted by Gasteiger charge is 2.15. The summed E-state index contributed by atoms with van der Waals surface area (Å²) in [5.74, 6) is -0.888. The Kier molecular flexibility index (Phi) is 6.86. The number of nitriles is 1. The van der Waals surface area contributed by atoms with Crippen molar-refractivity contribution in [1.29, 1.82) is 5.26 Å². The number of carbonyl (C=O) groups is 2. The summed E-state index contributed by atoms with van der Waals surface area (Å²) < 4.78 is 5.48. The molecule has 3 rings (SSSR count). The standard InChI is InChI=1S/C25H19ClN2O3/c1-16-7-8-17(2)22(13-16)28-24(29)20(15-27)14-19-5-3-4-6-23(19)31-25(30)18-9-11-21(26)12-10-18/h3-14H,1-2H3,(H,28,29)/b20-14+. The van der Waals surface area contributed by atoms with Crippen LogP contribution < -0.4 is 10.1 Å². The fraction of sp³-hybridized carbons (Fsp3) is 0.0800. The molecule has 0 bridgehead atoms. The monoisotopic (exact) mass is 430 g/mol. The van der Waals surface area contributed by atoms with E-state index in [1.165, 1.54) is 6.08 Å². The lowest BCUT2D eigenvalue weighted by molar-refractivity contribution is -0.112. The van der Waals surface area contributed by atoms with Gasteiger partial charge in [0.05, 0.1) is 5.56 Å². The number of halogens is 1. The van der Waals surface area contributed by atoms with E-state index in [0.717, 1.165) is 11.1 Å². The topological polar surface area (TPSA) is 79.2 Å². The first-order valence-corrected chi connectivity index (χ1v) is 9.82. The zero-order valence-corrected chi connectivity index (χ0v) is 17.7. The number of hydrogen-bond donors (Lipinski definition) is 1. The quantitative estimate of drug-likeness (QED) is 0.243. The van der Waals surface area contributed by atoms with Crippen LogP contribution in [-0.2, 0) is 4.79 Å². The first kappa shape index (κ1) is 21.8. The summed E-state index contributed by atoms with van der Waals surface area (Å²) in [5.41, 5.74) is 3.15. The molecule has 3 aromatic carbocycles. The molecule has 31 heavy (non-hydrogen) atoms. The van der Waals surface area contributed by atoms with Gasteiger partial charge < -0.3 is 10.1 Å². The number of hydrogen-bond acceptors (Lipinski definition) is 4. The Morgan fingerprint density at radius 3 is 2.45 bits per heavy atom. The Morgan fingerprint density at radius 2 is 1.74 bits per heavy atom. The lowest BCUT2D eigenvalue weighted by atomic mass is 10.1. The molecule has 5 nitrogen and oxygen atoms in total. The van der Waals surface area contributed by atoms with E-state index < -0.39 is 11.9 Å². The van der Waals surface area contributed by atoms with Gasteiger partial charge in [0.15, 0.2) is 0 Å². The van der Waals surface area contributed by atoms with E-state index in [0.29, 0.717) is 21.8 Å². The normalized spacial score (nSPS) is 10.8. The fourth-order valence-electron chi connectivity index (χ4n) is 2.80. The molecule has 0 fully saturated rings. The molecular formula is C25H19ClN2O3. The van der Waals surface area contributed by atoms with E-state index in [-0.39, 0.29) is 11.3 Å². The molecule has 0 saturated heterocycles. The molecule has 0 aliphatic carbocycles.